The summed E-state index contributed by atoms with van der Waals surface area (Å²) in [7, 11) is 0. The summed E-state index contributed by atoms with van der Waals surface area (Å²) in [5.41, 5.74) is 2.48. The van der Waals surface area contributed by atoms with Crippen molar-refractivity contribution in [2.75, 3.05) is 13.2 Å². The van der Waals surface area contributed by atoms with E-state index in [1.807, 2.05) is 18.4 Å². The van der Waals surface area contributed by atoms with Crippen molar-refractivity contribution in [3.63, 3.8) is 0 Å². The van der Waals surface area contributed by atoms with Crippen LogP contribution in [0.2, 0.25) is 5.02 Å². The van der Waals surface area contributed by atoms with E-state index in [-0.39, 0.29) is 6.04 Å². The van der Waals surface area contributed by atoms with Gasteiger partial charge in [-0.1, -0.05) is 34.5 Å². The molecule has 0 fully saturated rings. The standard InChI is InChI=1S/C15H19BrClNO/c1-2-5-18-15(11-4-3-6-19-10-11)12-7-13(16)9-14(17)8-12/h7-10,15,18H,2-6H2,1H3. The molecule has 1 aromatic carbocycles. The van der Waals surface area contributed by atoms with Crippen LogP contribution >= 0.6 is 27.5 Å². The van der Waals surface area contributed by atoms with Gasteiger partial charge in [0.25, 0.3) is 0 Å². The quantitative estimate of drug-likeness (QED) is 0.825. The van der Waals surface area contributed by atoms with Crippen molar-refractivity contribution in [1.29, 1.82) is 0 Å². The number of benzene rings is 1. The lowest BCUT2D eigenvalue weighted by molar-refractivity contribution is 0.219. The predicted octanol–water partition coefficient (Wildman–Crippen LogP) is 4.84. The van der Waals surface area contributed by atoms with E-state index in [0.717, 1.165) is 41.9 Å². The molecule has 0 aliphatic carbocycles. The fourth-order valence-corrected chi connectivity index (χ4v) is 3.18. The Morgan fingerprint density at radius 1 is 1.42 bits per heavy atom. The molecule has 0 saturated carbocycles. The summed E-state index contributed by atoms with van der Waals surface area (Å²) in [6.45, 7) is 3.97. The molecular formula is C15H19BrClNO. The van der Waals surface area contributed by atoms with Crippen LogP contribution in [0.5, 0.6) is 0 Å². The van der Waals surface area contributed by atoms with Crippen LogP contribution in [-0.2, 0) is 4.74 Å². The molecule has 1 N–H and O–H groups in total. The van der Waals surface area contributed by atoms with Gasteiger partial charge in [0, 0.05) is 9.50 Å². The maximum Gasteiger partial charge on any atom is 0.0876 e. The minimum atomic E-state index is 0.190. The summed E-state index contributed by atoms with van der Waals surface area (Å²) in [5, 5.41) is 4.34. The molecule has 104 valence electrons. The largest absolute Gasteiger partial charge is 0.501 e. The van der Waals surface area contributed by atoms with Gasteiger partial charge in [0.15, 0.2) is 0 Å². The third kappa shape index (κ3) is 4.23. The minimum Gasteiger partial charge on any atom is -0.501 e. The van der Waals surface area contributed by atoms with Gasteiger partial charge >= 0.3 is 0 Å². The fourth-order valence-electron chi connectivity index (χ4n) is 2.29. The zero-order valence-electron chi connectivity index (χ0n) is 11.1. The lowest BCUT2D eigenvalue weighted by Crippen LogP contribution is -2.25. The maximum absolute atomic E-state index is 6.16. The Bertz CT molecular complexity index is 441. The van der Waals surface area contributed by atoms with Crippen molar-refractivity contribution >= 4 is 27.5 Å². The molecule has 0 bridgehead atoms. The van der Waals surface area contributed by atoms with E-state index in [2.05, 4.69) is 34.2 Å². The molecule has 1 aromatic rings. The molecule has 19 heavy (non-hydrogen) atoms. The second kappa shape index (κ2) is 7.32. The molecule has 1 heterocycles. The average molecular weight is 345 g/mol. The second-order valence-corrected chi connectivity index (χ2v) is 6.11. The molecule has 0 radical (unpaired) electrons. The highest BCUT2D eigenvalue weighted by molar-refractivity contribution is 9.10. The molecule has 0 aromatic heterocycles. The number of ether oxygens (including phenoxy) is 1. The third-order valence-electron chi connectivity index (χ3n) is 3.15. The van der Waals surface area contributed by atoms with Gasteiger partial charge < -0.3 is 10.1 Å². The highest BCUT2D eigenvalue weighted by Gasteiger charge is 2.19. The molecule has 0 spiro atoms. The zero-order valence-corrected chi connectivity index (χ0v) is 13.4. The highest BCUT2D eigenvalue weighted by atomic mass is 79.9. The summed E-state index contributed by atoms with van der Waals surface area (Å²) in [6, 6.07) is 6.24. The number of rotatable bonds is 5. The molecule has 1 atom stereocenters. The number of halogens is 2. The molecular weight excluding hydrogens is 326 g/mol. The molecule has 0 amide bonds. The number of nitrogens with one attached hydrogen (secondary N) is 1. The van der Waals surface area contributed by atoms with Gasteiger partial charge in [-0.3, -0.25) is 0 Å². The first-order valence-electron chi connectivity index (χ1n) is 6.70. The Hall–Kier alpha value is -0.510. The maximum atomic E-state index is 6.16. The van der Waals surface area contributed by atoms with E-state index in [1.165, 1.54) is 11.1 Å². The Morgan fingerprint density at radius 2 is 2.26 bits per heavy atom. The molecule has 1 unspecified atom stereocenters. The molecule has 0 saturated heterocycles. The second-order valence-electron chi connectivity index (χ2n) is 4.76. The molecule has 2 nitrogen and oxygen atoms in total. The Kier molecular flexibility index (Phi) is 5.74. The van der Waals surface area contributed by atoms with E-state index in [4.69, 9.17) is 16.3 Å². The first-order valence-corrected chi connectivity index (χ1v) is 7.87. The van der Waals surface area contributed by atoms with Gasteiger partial charge in [0.05, 0.1) is 18.9 Å². The summed E-state index contributed by atoms with van der Waals surface area (Å²) < 4.78 is 6.49. The minimum absolute atomic E-state index is 0.190. The SMILES string of the molecule is CCCNC(C1=COCCC1)c1cc(Cl)cc(Br)c1. The van der Waals surface area contributed by atoms with Crippen LogP contribution in [0.15, 0.2) is 34.5 Å². The number of hydrogen-bond acceptors (Lipinski definition) is 2. The van der Waals surface area contributed by atoms with Crippen LogP contribution < -0.4 is 5.32 Å². The van der Waals surface area contributed by atoms with Crippen molar-refractivity contribution in [3.05, 3.63) is 45.1 Å². The summed E-state index contributed by atoms with van der Waals surface area (Å²) in [5.74, 6) is 0. The van der Waals surface area contributed by atoms with Crippen molar-refractivity contribution in [3.8, 4) is 0 Å². The van der Waals surface area contributed by atoms with Gasteiger partial charge in [-0.05, 0) is 55.1 Å². The topological polar surface area (TPSA) is 21.3 Å². The van der Waals surface area contributed by atoms with E-state index in [0.29, 0.717) is 0 Å². The van der Waals surface area contributed by atoms with Crippen molar-refractivity contribution in [2.24, 2.45) is 0 Å². The molecule has 1 aliphatic heterocycles. The van der Waals surface area contributed by atoms with Crippen molar-refractivity contribution in [1.82, 2.24) is 5.32 Å². The first kappa shape index (κ1) is 14.9. The monoisotopic (exact) mass is 343 g/mol. The lowest BCUT2D eigenvalue weighted by Gasteiger charge is -2.25. The highest BCUT2D eigenvalue weighted by Crippen LogP contribution is 2.31. The molecule has 1 aliphatic rings. The Labute approximate surface area is 128 Å². The smallest absolute Gasteiger partial charge is 0.0876 e. The Balaban J connectivity index is 2.27. The van der Waals surface area contributed by atoms with Crippen molar-refractivity contribution in [2.45, 2.75) is 32.2 Å². The normalized spacial score (nSPS) is 16.7. The van der Waals surface area contributed by atoms with Gasteiger partial charge in [-0.2, -0.15) is 0 Å². The fraction of sp³-hybridized carbons (Fsp3) is 0.467. The summed E-state index contributed by atoms with van der Waals surface area (Å²) in [4.78, 5) is 0. The van der Waals surface area contributed by atoms with Crippen LogP contribution in [0.4, 0.5) is 0 Å². The summed E-state index contributed by atoms with van der Waals surface area (Å²) >= 11 is 9.67. The first-order chi connectivity index (χ1) is 9.20. The van der Waals surface area contributed by atoms with Crippen LogP contribution in [0.25, 0.3) is 0 Å². The lowest BCUT2D eigenvalue weighted by atomic mass is 9.95. The van der Waals surface area contributed by atoms with Gasteiger partial charge in [0.2, 0.25) is 0 Å². The molecule has 4 heteroatoms. The van der Waals surface area contributed by atoms with Gasteiger partial charge in [0.1, 0.15) is 0 Å². The van der Waals surface area contributed by atoms with Crippen molar-refractivity contribution < 1.29 is 4.74 Å². The predicted molar refractivity (Wildman–Crippen MR) is 83.5 cm³/mol. The van der Waals surface area contributed by atoms with E-state index in [1.54, 1.807) is 0 Å². The van der Waals surface area contributed by atoms with Crippen LogP contribution in [-0.4, -0.2) is 13.2 Å². The third-order valence-corrected chi connectivity index (χ3v) is 3.83. The van der Waals surface area contributed by atoms with E-state index in [9.17, 15) is 0 Å². The average Bonchev–Trinajstić information content (AvgIpc) is 2.39. The van der Waals surface area contributed by atoms with Crippen LogP contribution in [0.1, 0.15) is 37.8 Å². The van der Waals surface area contributed by atoms with E-state index < -0.39 is 0 Å². The Morgan fingerprint density at radius 3 is 2.89 bits per heavy atom. The summed E-state index contributed by atoms with van der Waals surface area (Å²) in [6.07, 6.45) is 5.17. The van der Waals surface area contributed by atoms with Crippen LogP contribution in [0, 0.1) is 0 Å². The van der Waals surface area contributed by atoms with Gasteiger partial charge in [-0.25, -0.2) is 0 Å². The van der Waals surface area contributed by atoms with Crippen LogP contribution in [0.3, 0.4) is 0 Å². The zero-order chi connectivity index (χ0) is 13.7. The van der Waals surface area contributed by atoms with Gasteiger partial charge in [-0.15, -0.1) is 0 Å². The number of hydrogen-bond donors (Lipinski definition) is 1. The molecule has 2 rings (SSSR count). The van der Waals surface area contributed by atoms with E-state index >= 15 is 0 Å².